The molecule has 2 N–H and O–H groups in total. The number of para-hydroxylation sites is 1. The van der Waals surface area contributed by atoms with E-state index in [0.717, 1.165) is 42.5 Å². The lowest BCUT2D eigenvalue weighted by Crippen LogP contribution is -2.50. The third-order valence-electron chi connectivity index (χ3n) is 7.14. The van der Waals surface area contributed by atoms with Gasteiger partial charge in [-0.1, -0.05) is 87.6 Å². The number of fused-ring (bicyclic) bond motifs is 1. The highest BCUT2D eigenvalue weighted by Crippen LogP contribution is 2.34. The van der Waals surface area contributed by atoms with Gasteiger partial charge in [0.2, 0.25) is 12.1 Å². The van der Waals surface area contributed by atoms with Crippen molar-refractivity contribution >= 4 is 23.2 Å². The number of likely N-dealkylation sites (N-methyl/N-ethyl adjacent to an activating group) is 1. The Labute approximate surface area is 202 Å². The number of aliphatic hydroxyl groups excluding tert-OH is 1. The van der Waals surface area contributed by atoms with Crippen LogP contribution < -0.4 is 10.2 Å². The number of hydrogen-bond donors (Lipinski definition) is 2. The second-order valence-corrected chi connectivity index (χ2v) is 9.52. The Balaban J connectivity index is 1.65. The minimum absolute atomic E-state index is 0.288. The van der Waals surface area contributed by atoms with Crippen molar-refractivity contribution in [2.75, 3.05) is 11.9 Å². The van der Waals surface area contributed by atoms with Crippen LogP contribution in [-0.2, 0) is 9.59 Å². The van der Waals surface area contributed by atoms with E-state index in [9.17, 15) is 14.7 Å². The number of nitrogens with zero attached hydrogens (tertiary/aromatic N) is 2. The molecule has 2 amide bonds. The molecule has 0 radical (unpaired) electrons. The van der Waals surface area contributed by atoms with Gasteiger partial charge in [0.05, 0.1) is 23.4 Å². The maximum Gasteiger partial charge on any atom is 0.272 e. The molecule has 4 rings (SSSR count). The molecule has 2 aromatic carbocycles. The van der Waals surface area contributed by atoms with Gasteiger partial charge in [0.15, 0.2) is 0 Å². The van der Waals surface area contributed by atoms with Crippen LogP contribution in [0.2, 0.25) is 0 Å². The molecule has 0 spiro atoms. The third-order valence-corrected chi connectivity index (χ3v) is 7.14. The first-order valence-electron chi connectivity index (χ1n) is 12.5. The van der Waals surface area contributed by atoms with Crippen LogP contribution >= 0.6 is 0 Å². The number of benzene rings is 2. The molecule has 2 aromatic rings. The number of unbranched alkanes of at least 4 members (excludes halogenated alkanes) is 1. The van der Waals surface area contributed by atoms with Crippen LogP contribution in [0.5, 0.6) is 0 Å². The maximum absolute atomic E-state index is 13.5. The lowest BCUT2D eigenvalue weighted by atomic mass is 9.76. The van der Waals surface area contributed by atoms with Crippen molar-refractivity contribution in [3.8, 4) is 0 Å². The summed E-state index contributed by atoms with van der Waals surface area (Å²) < 4.78 is 0. The Bertz CT molecular complexity index is 1030. The fourth-order valence-corrected chi connectivity index (χ4v) is 4.83. The molecule has 0 bridgehead atoms. The van der Waals surface area contributed by atoms with Crippen molar-refractivity contribution in [3.63, 3.8) is 0 Å². The standard InChI is InChI=1S/C28H35N3O3/c1-3-4-17-24(32)22(18-19-11-10-12-19)27(33)30-26-28(34)31(2)23-16-9-8-15-21(23)25(29-26)20-13-6-5-7-14-20/h5-9,13-16,19,22,24,26,32H,3-4,10-12,17-18H2,1-2H3,(H,30,33)/t22-,24+,26?/m1/s1. The van der Waals surface area contributed by atoms with E-state index in [1.165, 1.54) is 6.42 Å². The van der Waals surface area contributed by atoms with E-state index in [2.05, 4.69) is 12.2 Å². The molecular formula is C28H35N3O3. The number of benzodiazepines with no additional fused rings is 1. The van der Waals surface area contributed by atoms with E-state index in [1.807, 2.05) is 54.6 Å². The van der Waals surface area contributed by atoms with Gasteiger partial charge < -0.3 is 15.3 Å². The van der Waals surface area contributed by atoms with E-state index in [0.29, 0.717) is 24.5 Å². The van der Waals surface area contributed by atoms with Gasteiger partial charge in [0, 0.05) is 18.2 Å². The molecule has 6 nitrogen and oxygen atoms in total. The first kappa shape index (κ1) is 24.1. The average molecular weight is 462 g/mol. The highest BCUT2D eigenvalue weighted by Gasteiger charge is 2.36. The molecule has 2 aliphatic rings. The molecule has 1 unspecified atom stereocenters. The minimum atomic E-state index is -1.05. The van der Waals surface area contributed by atoms with Gasteiger partial charge >= 0.3 is 0 Å². The second-order valence-electron chi connectivity index (χ2n) is 9.52. The largest absolute Gasteiger partial charge is 0.392 e. The van der Waals surface area contributed by atoms with Crippen molar-refractivity contribution < 1.29 is 14.7 Å². The quantitative estimate of drug-likeness (QED) is 0.584. The number of nitrogens with one attached hydrogen (secondary N) is 1. The topological polar surface area (TPSA) is 82.0 Å². The molecule has 1 heterocycles. The Morgan fingerprint density at radius 1 is 1.15 bits per heavy atom. The maximum atomic E-state index is 13.5. The lowest BCUT2D eigenvalue weighted by Gasteiger charge is -2.32. The van der Waals surface area contributed by atoms with Crippen LogP contribution in [0.3, 0.4) is 0 Å². The van der Waals surface area contributed by atoms with Crippen molar-refractivity contribution in [2.45, 2.75) is 64.1 Å². The smallest absolute Gasteiger partial charge is 0.272 e. The summed E-state index contributed by atoms with van der Waals surface area (Å²) in [4.78, 5) is 33.2. The molecule has 1 aliphatic heterocycles. The monoisotopic (exact) mass is 461 g/mol. The first-order valence-corrected chi connectivity index (χ1v) is 12.5. The highest BCUT2D eigenvalue weighted by molar-refractivity contribution is 6.20. The SMILES string of the molecule is CCCC[C@H](O)[C@@H](CC1CCC1)C(=O)NC1N=C(c2ccccc2)c2ccccc2N(C)C1=O. The number of hydrogen-bond acceptors (Lipinski definition) is 4. The lowest BCUT2D eigenvalue weighted by molar-refractivity contribution is -0.133. The summed E-state index contributed by atoms with van der Waals surface area (Å²) in [5, 5.41) is 13.8. The zero-order valence-electron chi connectivity index (χ0n) is 20.1. The van der Waals surface area contributed by atoms with Crippen molar-refractivity contribution in [3.05, 3.63) is 65.7 Å². The molecule has 3 atom stereocenters. The fourth-order valence-electron chi connectivity index (χ4n) is 4.83. The van der Waals surface area contributed by atoms with Crippen LogP contribution in [0.25, 0.3) is 0 Å². The van der Waals surface area contributed by atoms with E-state index in [4.69, 9.17) is 4.99 Å². The Hall–Kier alpha value is -2.99. The molecule has 1 saturated carbocycles. The van der Waals surface area contributed by atoms with Gasteiger partial charge in [0.1, 0.15) is 0 Å². The third kappa shape index (κ3) is 5.22. The van der Waals surface area contributed by atoms with Crippen LogP contribution in [-0.4, -0.2) is 41.9 Å². The average Bonchev–Trinajstić information content (AvgIpc) is 2.93. The molecule has 1 fully saturated rings. The molecular weight excluding hydrogens is 426 g/mol. The zero-order chi connectivity index (χ0) is 24.1. The molecule has 1 aliphatic carbocycles. The number of carbonyl (C=O) groups excluding carboxylic acids is 2. The number of aliphatic hydroxyl groups is 1. The van der Waals surface area contributed by atoms with Gasteiger partial charge in [-0.15, -0.1) is 0 Å². The van der Waals surface area contributed by atoms with Crippen molar-refractivity contribution in [1.29, 1.82) is 0 Å². The van der Waals surface area contributed by atoms with Crippen molar-refractivity contribution in [1.82, 2.24) is 5.32 Å². The molecule has 0 aromatic heterocycles. The van der Waals surface area contributed by atoms with Crippen molar-refractivity contribution in [2.24, 2.45) is 16.8 Å². The highest BCUT2D eigenvalue weighted by atomic mass is 16.3. The number of rotatable bonds is 9. The summed E-state index contributed by atoms with van der Waals surface area (Å²) in [5.74, 6) is -0.648. The Morgan fingerprint density at radius 2 is 1.85 bits per heavy atom. The number of carbonyl (C=O) groups is 2. The summed E-state index contributed by atoms with van der Waals surface area (Å²) in [6.07, 6.45) is 4.68. The van der Waals surface area contributed by atoms with E-state index >= 15 is 0 Å². The second kappa shape index (κ2) is 11.0. The Morgan fingerprint density at radius 3 is 2.53 bits per heavy atom. The minimum Gasteiger partial charge on any atom is -0.392 e. The molecule has 34 heavy (non-hydrogen) atoms. The van der Waals surface area contributed by atoms with Gasteiger partial charge in [-0.2, -0.15) is 0 Å². The van der Waals surface area contributed by atoms with Gasteiger partial charge in [0.25, 0.3) is 5.91 Å². The summed E-state index contributed by atoms with van der Waals surface area (Å²) in [6.45, 7) is 2.07. The zero-order valence-corrected chi connectivity index (χ0v) is 20.1. The number of anilines is 1. The number of aliphatic imine (C=N–C) groups is 1. The fraction of sp³-hybridized carbons (Fsp3) is 0.464. The summed E-state index contributed by atoms with van der Waals surface area (Å²) in [6, 6.07) is 17.4. The van der Waals surface area contributed by atoms with Gasteiger partial charge in [-0.05, 0) is 24.8 Å². The molecule has 180 valence electrons. The van der Waals surface area contributed by atoms with E-state index in [-0.39, 0.29) is 11.8 Å². The van der Waals surface area contributed by atoms with Crippen LogP contribution in [0.1, 0.15) is 63.0 Å². The summed E-state index contributed by atoms with van der Waals surface area (Å²) in [5.41, 5.74) is 3.14. The van der Waals surface area contributed by atoms with Crippen LogP contribution in [0.4, 0.5) is 5.69 Å². The summed E-state index contributed by atoms with van der Waals surface area (Å²) >= 11 is 0. The molecule has 6 heteroatoms. The Kier molecular flexibility index (Phi) is 7.78. The molecule has 0 saturated heterocycles. The summed E-state index contributed by atoms with van der Waals surface area (Å²) in [7, 11) is 1.71. The normalized spacial score (nSPS) is 20.0. The first-order chi connectivity index (χ1) is 16.5. The van der Waals surface area contributed by atoms with Crippen LogP contribution in [0, 0.1) is 11.8 Å². The van der Waals surface area contributed by atoms with Crippen LogP contribution in [0.15, 0.2) is 59.6 Å². The predicted octanol–water partition coefficient (Wildman–Crippen LogP) is 4.30. The van der Waals surface area contributed by atoms with E-state index in [1.54, 1.807) is 11.9 Å². The van der Waals surface area contributed by atoms with Gasteiger partial charge in [-0.3, -0.25) is 9.59 Å². The predicted molar refractivity (Wildman–Crippen MR) is 135 cm³/mol. The van der Waals surface area contributed by atoms with Gasteiger partial charge in [-0.25, -0.2) is 4.99 Å². The number of amides is 2. The van der Waals surface area contributed by atoms with E-state index < -0.39 is 18.2 Å².